The monoisotopic (exact) mass is 412 g/mol. The van der Waals surface area contributed by atoms with Crippen molar-refractivity contribution < 1.29 is 4.79 Å². The minimum absolute atomic E-state index is 0.279. The van der Waals surface area contributed by atoms with Crippen LogP contribution in [-0.2, 0) is 19.4 Å². The molecule has 7 nitrogen and oxygen atoms in total. The molecule has 1 unspecified atom stereocenters. The third-order valence-electron chi connectivity index (χ3n) is 5.51. The predicted octanol–water partition coefficient (Wildman–Crippen LogP) is 3.32. The number of fused-ring (bicyclic) bond motifs is 2. The summed E-state index contributed by atoms with van der Waals surface area (Å²) >= 11 is 1.56. The van der Waals surface area contributed by atoms with Gasteiger partial charge in [0.05, 0.1) is 16.7 Å². The minimum atomic E-state index is -0.689. The first-order valence-electron chi connectivity index (χ1n) is 10.1. The maximum Gasteiger partial charge on any atom is 0.316 e. The Hall–Kier alpha value is -2.74. The second kappa shape index (κ2) is 7.94. The lowest BCUT2D eigenvalue weighted by Crippen LogP contribution is -2.36. The molecule has 29 heavy (non-hydrogen) atoms. The minimum Gasteiger partial charge on any atom is -0.316 e. The summed E-state index contributed by atoms with van der Waals surface area (Å²) in [6.45, 7) is 4.40. The van der Waals surface area contributed by atoms with Crippen LogP contribution in [0.2, 0.25) is 0 Å². The summed E-state index contributed by atoms with van der Waals surface area (Å²) in [4.78, 5) is 45.0. The van der Waals surface area contributed by atoms with Crippen molar-refractivity contribution >= 4 is 33.4 Å². The molecule has 4 rings (SSSR count). The van der Waals surface area contributed by atoms with Gasteiger partial charge in [-0.1, -0.05) is 19.8 Å². The Morgan fingerprint density at radius 2 is 2.17 bits per heavy atom. The van der Waals surface area contributed by atoms with E-state index in [1.54, 1.807) is 36.5 Å². The van der Waals surface area contributed by atoms with Crippen molar-refractivity contribution in [1.29, 1.82) is 0 Å². The van der Waals surface area contributed by atoms with E-state index in [2.05, 4.69) is 22.2 Å². The number of carbonyl (C=O) groups excluding carboxylic acids is 1. The van der Waals surface area contributed by atoms with Gasteiger partial charge in [0.15, 0.2) is 5.13 Å². The van der Waals surface area contributed by atoms with Crippen LogP contribution in [0.25, 0.3) is 11.0 Å². The van der Waals surface area contributed by atoms with Gasteiger partial charge in [0, 0.05) is 17.0 Å². The quantitative estimate of drug-likeness (QED) is 0.628. The van der Waals surface area contributed by atoms with Crippen LogP contribution >= 0.6 is 11.3 Å². The maximum absolute atomic E-state index is 12.7. The molecule has 1 atom stereocenters. The number of anilines is 1. The molecule has 2 heterocycles. The lowest BCUT2D eigenvalue weighted by atomic mass is 9.88. The molecule has 0 spiro atoms. The molecule has 1 aromatic carbocycles. The van der Waals surface area contributed by atoms with Crippen molar-refractivity contribution in [2.45, 2.75) is 52.5 Å². The molecular weight excluding hydrogens is 388 g/mol. The van der Waals surface area contributed by atoms with E-state index in [0.717, 1.165) is 25.0 Å². The summed E-state index contributed by atoms with van der Waals surface area (Å²) in [5.41, 5.74) is 1.29. The second-order valence-electron chi connectivity index (χ2n) is 7.48. The van der Waals surface area contributed by atoms with Crippen LogP contribution in [0, 0.1) is 5.92 Å². The molecule has 0 saturated carbocycles. The van der Waals surface area contributed by atoms with Crippen LogP contribution < -0.4 is 16.4 Å². The highest BCUT2D eigenvalue weighted by molar-refractivity contribution is 7.15. The zero-order valence-corrected chi connectivity index (χ0v) is 17.4. The van der Waals surface area contributed by atoms with Crippen LogP contribution in [0.1, 0.15) is 54.0 Å². The van der Waals surface area contributed by atoms with E-state index in [1.165, 1.54) is 22.3 Å². The first-order chi connectivity index (χ1) is 14.0. The topological polar surface area (TPSA) is 96.8 Å². The maximum atomic E-state index is 12.7. The highest BCUT2D eigenvalue weighted by Gasteiger charge is 2.23. The number of hydrogen-bond acceptors (Lipinski definition) is 5. The summed E-state index contributed by atoms with van der Waals surface area (Å²) in [6.07, 6.45) is 5.60. The molecule has 0 bridgehead atoms. The van der Waals surface area contributed by atoms with Gasteiger partial charge in [-0.3, -0.25) is 19.7 Å². The Kier molecular flexibility index (Phi) is 5.36. The Morgan fingerprint density at radius 1 is 1.34 bits per heavy atom. The number of aromatic nitrogens is 3. The summed E-state index contributed by atoms with van der Waals surface area (Å²) in [5.74, 6) is 0.434. The van der Waals surface area contributed by atoms with Crippen molar-refractivity contribution in [3.63, 3.8) is 0 Å². The number of hydrogen-bond donors (Lipinski definition) is 2. The number of H-pyrrole nitrogens is 1. The van der Waals surface area contributed by atoms with Crippen molar-refractivity contribution in [1.82, 2.24) is 14.5 Å². The number of nitrogens with one attached hydrogen (secondary N) is 2. The second-order valence-corrected chi connectivity index (χ2v) is 8.56. The first kappa shape index (κ1) is 19.6. The smallest absolute Gasteiger partial charge is 0.316 e. The summed E-state index contributed by atoms with van der Waals surface area (Å²) in [6, 6.07) is 4.95. The molecule has 0 saturated heterocycles. The average Bonchev–Trinajstić information content (AvgIpc) is 3.10. The number of rotatable bonds is 5. The number of nitrogens with zero attached hydrogens (tertiary/aromatic N) is 2. The van der Waals surface area contributed by atoms with Gasteiger partial charge in [-0.15, -0.1) is 11.3 Å². The van der Waals surface area contributed by atoms with Crippen LogP contribution in [0.4, 0.5) is 5.13 Å². The van der Waals surface area contributed by atoms with E-state index in [0.29, 0.717) is 34.2 Å². The lowest BCUT2D eigenvalue weighted by Gasteiger charge is -2.19. The van der Waals surface area contributed by atoms with E-state index in [1.807, 2.05) is 0 Å². The molecule has 1 amide bonds. The number of thiazole rings is 1. The highest BCUT2D eigenvalue weighted by atomic mass is 32.1. The average molecular weight is 413 g/mol. The third kappa shape index (κ3) is 3.76. The summed E-state index contributed by atoms with van der Waals surface area (Å²) in [7, 11) is 0. The number of aromatic amines is 1. The molecule has 0 radical (unpaired) electrons. The Balaban J connectivity index is 1.58. The van der Waals surface area contributed by atoms with Gasteiger partial charge in [0.25, 0.3) is 5.91 Å². The molecule has 2 N–H and O–H groups in total. The van der Waals surface area contributed by atoms with Gasteiger partial charge >= 0.3 is 11.1 Å². The predicted molar refractivity (Wildman–Crippen MR) is 115 cm³/mol. The lowest BCUT2D eigenvalue weighted by molar-refractivity contribution is 0.102. The summed E-state index contributed by atoms with van der Waals surface area (Å²) < 4.78 is 1.40. The molecule has 1 aliphatic rings. The van der Waals surface area contributed by atoms with Crippen molar-refractivity contribution in [2.75, 3.05) is 5.32 Å². The molecule has 0 fully saturated rings. The van der Waals surface area contributed by atoms with Crippen molar-refractivity contribution in [3.05, 3.63) is 55.0 Å². The van der Waals surface area contributed by atoms with Crippen molar-refractivity contribution in [2.24, 2.45) is 5.92 Å². The Morgan fingerprint density at radius 3 is 2.93 bits per heavy atom. The van der Waals surface area contributed by atoms with Crippen LogP contribution in [0.5, 0.6) is 0 Å². The van der Waals surface area contributed by atoms with Gasteiger partial charge in [0.2, 0.25) is 0 Å². The molecule has 8 heteroatoms. The Bertz CT molecular complexity index is 1190. The van der Waals surface area contributed by atoms with E-state index in [-0.39, 0.29) is 5.91 Å². The molecule has 152 valence electrons. The number of carbonyl (C=O) groups is 1. The van der Waals surface area contributed by atoms with E-state index in [4.69, 9.17) is 0 Å². The largest absolute Gasteiger partial charge is 0.316 e. The number of amides is 1. The summed E-state index contributed by atoms with van der Waals surface area (Å²) in [5, 5.41) is 3.50. The highest BCUT2D eigenvalue weighted by Crippen LogP contribution is 2.34. The van der Waals surface area contributed by atoms with E-state index >= 15 is 0 Å². The number of aryl methyl sites for hydroxylation is 2. The third-order valence-corrected chi connectivity index (χ3v) is 6.55. The molecular formula is C21H24N4O3S. The van der Waals surface area contributed by atoms with Crippen LogP contribution in [0.15, 0.2) is 27.8 Å². The zero-order chi connectivity index (χ0) is 20.5. The van der Waals surface area contributed by atoms with Gasteiger partial charge in [-0.05, 0) is 50.3 Å². The van der Waals surface area contributed by atoms with Gasteiger partial charge in [0.1, 0.15) is 0 Å². The molecule has 0 aliphatic heterocycles. The van der Waals surface area contributed by atoms with E-state index < -0.39 is 11.1 Å². The molecule has 3 aromatic rings. The number of benzene rings is 1. The van der Waals surface area contributed by atoms with Gasteiger partial charge in [-0.25, -0.2) is 4.98 Å². The van der Waals surface area contributed by atoms with Crippen molar-refractivity contribution in [3.8, 4) is 0 Å². The van der Waals surface area contributed by atoms with Gasteiger partial charge < -0.3 is 9.55 Å². The van der Waals surface area contributed by atoms with Crippen LogP contribution in [0.3, 0.4) is 0 Å². The SMILES string of the molecule is CCCC1CCc2nc(NC(=O)c3ccc4c(c3)[nH]c(=O)c(=O)n4CC)sc2C1. The normalized spacial score (nSPS) is 16.0. The fourth-order valence-electron chi connectivity index (χ4n) is 4.06. The fourth-order valence-corrected chi connectivity index (χ4v) is 5.17. The van der Waals surface area contributed by atoms with E-state index in [9.17, 15) is 14.4 Å². The van der Waals surface area contributed by atoms with Crippen LogP contribution in [-0.4, -0.2) is 20.4 Å². The zero-order valence-electron chi connectivity index (χ0n) is 16.6. The fraction of sp³-hybridized carbons (Fsp3) is 0.429. The molecule has 2 aromatic heterocycles. The Labute approximate surface area is 171 Å². The standard InChI is InChI=1S/C21H24N4O3S/c1-3-5-12-6-8-14-17(10-12)29-21(23-14)24-18(26)13-7-9-16-15(11-13)22-19(27)20(28)25(16)4-2/h7,9,11-12H,3-6,8,10H2,1-2H3,(H,22,27)(H,23,24,26). The first-order valence-corrected chi connectivity index (χ1v) is 10.9. The van der Waals surface area contributed by atoms with Gasteiger partial charge in [-0.2, -0.15) is 0 Å². The molecule has 1 aliphatic carbocycles.